The largest absolute Gasteiger partial charge is 0.462 e. The van der Waals surface area contributed by atoms with Crippen molar-refractivity contribution in [2.75, 3.05) is 13.2 Å². The van der Waals surface area contributed by atoms with E-state index in [1.165, 1.54) is 19.3 Å². The van der Waals surface area contributed by atoms with Crippen LogP contribution in [0.4, 0.5) is 0 Å². The van der Waals surface area contributed by atoms with Crippen LogP contribution in [0.2, 0.25) is 0 Å². The van der Waals surface area contributed by atoms with E-state index in [2.05, 4.69) is 27.4 Å². The molecule has 0 heterocycles. The third-order valence-corrected chi connectivity index (χ3v) is 4.04. The van der Waals surface area contributed by atoms with Crippen LogP contribution >= 0.6 is 0 Å². The molecule has 1 N–H and O–H groups in total. The van der Waals surface area contributed by atoms with Gasteiger partial charge in [0.1, 0.15) is 0 Å². The molecule has 3 heteroatoms. The minimum atomic E-state index is -0.317. The molecule has 3 nitrogen and oxygen atoms in total. The van der Waals surface area contributed by atoms with Gasteiger partial charge in [-0.2, -0.15) is 0 Å². The molecule has 0 aliphatic rings. The Labute approximate surface area is 118 Å². The van der Waals surface area contributed by atoms with Crippen LogP contribution in [0.3, 0.4) is 0 Å². The van der Waals surface area contributed by atoms with E-state index in [1.54, 1.807) is 0 Å². The van der Waals surface area contributed by atoms with Gasteiger partial charge in [0.15, 0.2) is 0 Å². The third kappa shape index (κ3) is 8.04. The van der Waals surface area contributed by atoms with Crippen molar-refractivity contribution in [2.45, 2.75) is 65.7 Å². The predicted octanol–water partition coefficient (Wildman–Crippen LogP) is 3.85. The molecular weight excluding hydrogens is 240 g/mol. The Balaban J connectivity index is 3.69. The number of ether oxygens (including phenoxy) is 1. The number of unbranched alkanes of at least 4 members (excludes halogenated alkanes) is 1. The van der Waals surface area contributed by atoms with Crippen LogP contribution in [0.5, 0.6) is 0 Å². The molecule has 0 aromatic heterocycles. The minimum Gasteiger partial charge on any atom is -0.462 e. The van der Waals surface area contributed by atoms with Crippen molar-refractivity contribution in [2.24, 2.45) is 5.41 Å². The molecule has 0 atom stereocenters. The first-order chi connectivity index (χ1) is 8.99. The van der Waals surface area contributed by atoms with E-state index in [4.69, 9.17) is 9.84 Å². The highest BCUT2D eigenvalue weighted by molar-refractivity contribution is 5.87. The lowest BCUT2D eigenvalue weighted by atomic mass is 9.80. The highest BCUT2D eigenvalue weighted by Gasteiger charge is 2.18. The number of hydrogen-bond donors (Lipinski definition) is 1. The van der Waals surface area contributed by atoms with E-state index >= 15 is 0 Å². The van der Waals surface area contributed by atoms with Crippen molar-refractivity contribution in [1.29, 1.82) is 0 Å². The van der Waals surface area contributed by atoms with Gasteiger partial charge in [0.2, 0.25) is 0 Å². The van der Waals surface area contributed by atoms with Gasteiger partial charge in [-0.15, -0.1) is 0 Å². The molecular formula is C16H30O3. The van der Waals surface area contributed by atoms with Crippen LogP contribution < -0.4 is 0 Å². The summed E-state index contributed by atoms with van der Waals surface area (Å²) in [6, 6.07) is 0. The second-order valence-corrected chi connectivity index (χ2v) is 5.54. The van der Waals surface area contributed by atoms with Crippen molar-refractivity contribution in [3.63, 3.8) is 0 Å². The van der Waals surface area contributed by atoms with E-state index in [0.717, 1.165) is 12.8 Å². The fraction of sp³-hybridized carbons (Fsp3) is 0.812. The molecule has 0 spiro atoms. The standard InChI is InChI=1S/C16H30O3/c1-5-16(4,6-2)11-7-8-13-19-15(18)14(3)10-9-12-17/h17H,3,5-13H2,1-2,4H3. The summed E-state index contributed by atoms with van der Waals surface area (Å²) in [6.07, 6.45) is 6.66. The highest BCUT2D eigenvalue weighted by Crippen LogP contribution is 2.31. The van der Waals surface area contributed by atoms with Gasteiger partial charge in [-0.25, -0.2) is 4.79 Å². The molecule has 0 rings (SSSR count). The Hall–Kier alpha value is -0.830. The van der Waals surface area contributed by atoms with Gasteiger partial charge >= 0.3 is 5.97 Å². The van der Waals surface area contributed by atoms with Crippen LogP contribution in [-0.4, -0.2) is 24.3 Å². The summed E-state index contributed by atoms with van der Waals surface area (Å²) in [5, 5.41) is 8.67. The number of rotatable bonds is 11. The summed E-state index contributed by atoms with van der Waals surface area (Å²) < 4.78 is 5.16. The summed E-state index contributed by atoms with van der Waals surface area (Å²) in [5.41, 5.74) is 0.885. The first kappa shape index (κ1) is 18.2. The molecule has 0 bridgehead atoms. The van der Waals surface area contributed by atoms with Crippen molar-refractivity contribution in [1.82, 2.24) is 0 Å². The zero-order valence-electron chi connectivity index (χ0n) is 12.8. The van der Waals surface area contributed by atoms with Crippen molar-refractivity contribution < 1.29 is 14.6 Å². The van der Waals surface area contributed by atoms with E-state index in [-0.39, 0.29) is 12.6 Å². The fourth-order valence-electron chi connectivity index (χ4n) is 1.92. The summed E-state index contributed by atoms with van der Waals surface area (Å²) >= 11 is 0. The lowest BCUT2D eigenvalue weighted by Gasteiger charge is -2.26. The smallest absolute Gasteiger partial charge is 0.333 e. The summed E-state index contributed by atoms with van der Waals surface area (Å²) in [7, 11) is 0. The zero-order chi connectivity index (χ0) is 14.7. The van der Waals surface area contributed by atoms with Crippen molar-refractivity contribution in [3.8, 4) is 0 Å². The maximum Gasteiger partial charge on any atom is 0.333 e. The monoisotopic (exact) mass is 270 g/mol. The Morgan fingerprint density at radius 1 is 1.21 bits per heavy atom. The third-order valence-electron chi connectivity index (χ3n) is 4.04. The number of carbonyl (C=O) groups excluding carboxylic acids is 1. The fourth-order valence-corrected chi connectivity index (χ4v) is 1.92. The molecule has 112 valence electrons. The first-order valence-corrected chi connectivity index (χ1v) is 7.45. The average Bonchev–Trinajstić information content (AvgIpc) is 2.43. The number of aliphatic hydroxyl groups is 1. The Kier molecular flexibility index (Phi) is 9.58. The molecule has 0 aliphatic heterocycles. The van der Waals surface area contributed by atoms with Gasteiger partial charge in [0.05, 0.1) is 6.61 Å². The van der Waals surface area contributed by atoms with Crippen LogP contribution in [0.15, 0.2) is 12.2 Å². The molecule has 0 saturated carbocycles. The number of aliphatic hydroxyl groups excluding tert-OH is 1. The van der Waals surface area contributed by atoms with Gasteiger partial charge in [0, 0.05) is 12.2 Å². The second-order valence-electron chi connectivity index (χ2n) is 5.54. The molecule has 0 unspecified atom stereocenters. The van der Waals surface area contributed by atoms with Gasteiger partial charge in [-0.3, -0.25) is 0 Å². The van der Waals surface area contributed by atoms with Gasteiger partial charge in [-0.05, 0) is 37.5 Å². The van der Waals surface area contributed by atoms with Crippen LogP contribution in [0, 0.1) is 5.41 Å². The predicted molar refractivity (Wildman–Crippen MR) is 79.0 cm³/mol. The van der Waals surface area contributed by atoms with Crippen LogP contribution in [-0.2, 0) is 9.53 Å². The first-order valence-electron chi connectivity index (χ1n) is 7.45. The Bertz CT molecular complexity index is 267. The van der Waals surface area contributed by atoms with Gasteiger partial charge in [0.25, 0.3) is 0 Å². The summed E-state index contributed by atoms with van der Waals surface area (Å²) in [6.45, 7) is 11.0. The normalized spacial score (nSPS) is 11.4. The number of hydrogen-bond acceptors (Lipinski definition) is 3. The van der Waals surface area contributed by atoms with Crippen molar-refractivity contribution >= 4 is 5.97 Å². The maximum atomic E-state index is 11.5. The maximum absolute atomic E-state index is 11.5. The Morgan fingerprint density at radius 3 is 2.37 bits per heavy atom. The Morgan fingerprint density at radius 2 is 1.84 bits per heavy atom. The van der Waals surface area contributed by atoms with Crippen molar-refractivity contribution in [3.05, 3.63) is 12.2 Å². The van der Waals surface area contributed by atoms with E-state index in [0.29, 0.717) is 30.4 Å². The van der Waals surface area contributed by atoms with Gasteiger partial charge < -0.3 is 9.84 Å². The van der Waals surface area contributed by atoms with E-state index in [1.807, 2.05) is 0 Å². The molecule has 0 aromatic rings. The highest BCUT2D eigenvalue weighted by atomic mass is 16.5. The summed E-state index contributed by atoms with van der Waals surface area (Å²) in [5.74, 6) is -0.317. The lowest BCUT2D eigenvalue weighted by molar-refractivity contribution is -0.139. The van der Waals surface area contributed by atoms with Crippen LogP contribution in [0.1, 0.15) is 65.7 Å². The molecule has 0 fully saturated rings. The summed E-state index contributed by atoms with van der Waals surface area (Å²) in [4.78, 5) is 11.5. The molecule has 0 aromatic carbocycles. The second kappa shape index (κ2) is 10.0. The van der Waals surface area contributed by atoms with E-state index in [9.17, 15) is 4.79 Å². The van der Waals surface area contributed by atoms with Gasteiger partial charge in [-0.1, -0.05) is 40.2 Å². The SMILES string of the molecule is C=C(CCCO)C(=O)OCCCCC(C)(CC)CC. The number of esters is 1. The molecule has 0 amide bonds. The average molecular weight is 270 g/mol. The quantitative estimate of drug-likeness (QED) is 0.352. The molecule has 0 saturated heterocycles. The zero-order valence-corrected chi connectivity index (χ0v) is 12.8. The topological polar surface area (TPSA) is 46.5 Å². The number of carbonyl (C=O) groups is 1. The molecule has 19 heavy (non-hydrogen) atoms. The van der Waals surface area contributed by atoms with Crippen LogP contribution in [0.25, 0.3) is 0 Å². The molecule has 0 aliphatic carbocycles. The minimum absolute atomic E-state index is 0.0823. The van der Waals surface area contributed by atoms with E-state index < -0.39 is 0 Å². The molecule has 0 radical (unpaired) electrons. The lowest BCUT2D eigenvalue weighted by Crippen LogP contribution is -2.14.